The molecule has 3 nitrogen and oxygen atoms in total. The molecule has 0 bridgehead atoms. The van der Waals surface area contributed by atoms with Gasteiger partial charge in [-0.1, -0.05) is 117 Å². The van der Waals surface area contributed by atoms with Crippen LogP contribution in [0.5, 0.6) is 0 Å². The lowest BCUT2D eigenvalue weighted by Crippen LogP contribution is -2.54. The van der Waals surface area contributed by atoms with E-state index in [2.05, 4.69) is 154 Å². The van der Waals surface area contributed by atoms with Crippen molar-refractivity contribution in [1.82, 2.24) is 9.78 Å². The van der Waals surface area contributed by atoms with Gasteiger partial charge in [-0.25, -0.2) is 0 Å². The molecule has 2 atom stereocenters. The van der Waals surface area contributed by atoms with E-state index in [0.29, 0.717) is 0 Å². The van der Waals surface area contributed by atoms with Crippen LogP contribution in [0.4, 0.5) is 0 Å². The molecule has 2 unspecified atom stereocenters. The summed E-state index contributed by atoms with van der Waals surface area (Å²) in [7, 11) is 0. The molecule has 6 rings (SSSR count). The summed E-state index contributed by atoms with van der Waals surface area (Å²) in [5.74, 6) is 2.06. The van der Waals surface area contributed by atoms with Gasteiger partial charge in [0.25, 0.3) is 5.82 Å². The Balaban J connectivity index is 1.83. The van der Waals surface area contributed by atoms with E-state index in [1.165, 1.54) is 39.1 Å². The van der Waals surface area contributed by atoms with E-state index in [4.69, 9.17) is 5.10 Å². The van der Waals surface area contributed by atoms with Crippen molar-refractivity contribution < 1.29 is 4.57 Å². The van der Waals surface area contributed by atoms with Gasteiger partial charge >= 0.3 is 5.82 Å². The van der Waals surface area contributed by atoms with Crippen molar-refractivity contribution in [1.29, 1.82) is 0 Å². The molecule has 2 heterocycles. The average Bonchev–Trinajstić information content (AvgIpc) is 3.38. The lowest BCUT2D eigenvalue weighted by atomic mass is 9.60. The zero-order valence-electron chi connectivity index (χ0n) is 24.3. The Labute approximate surface area is 238 Å². The minimum Gasteiger partial charge on any atom is -0.189 e. The molecule has 1 aliphatic rings. The second-order valence-electron chi connectivity index (χ2n) is 11.3. The minimum atomic E-state index is -0.399. The van der Waals surface area contributed by atoms with E-state index in [0.717, 1.165) is 30.1 Å². The zero-order valence-corrected chi connectivity index (χ0v) is 24.3. The van der Waals surface area contributed by atoms with Gasteiger partial charge in [0, 0.05) is 10.5 Å². The predicted octanol–water partition coefficient (Wildman–Crippen LogP) is 8.75. The van der Waals surface area contributed by atoms with Crippen molar-refractivity contribution in [2.45, 2.75) is 58.4 Å². The standard InChI is InChI=1S/C37H38N3/c1-7-36(6)32-25-16-15-24-31(32)35-39(33-26(4)18-17-19-27(33)5)34(38-40(35)37(36,8-2)9-3)30-23-14-13-22-29(30)28-20-11-10-12-21-28/h8,10-25H,2,7,9H2,1,3-6H3/q+1. The highest BCUT2D eigenvalue weighted by atomic mass is 15.4. The molecule has 0 saturated carbocycles. The number of nitrogens with zero attached hydrogens (tertiary/aromatic N) is 3. The van der Waals surface area contributed by atoms with Crippen molar-refractivity contribution in [2.24, 2.45) is 0 Å². The summed E-state index contributed by atoms with van der Waals surface area (Å²) in [5.41, 5.74) is 9.12. The largest absolute Gasteiger partial charge is 0.314 e. The Hall–Kier alpha value is -4.24. The number of para-hydroxylation sites is 1. The van der Waals surface area contributed by atoms with Crippen LogP contribution in [0.2, 0.25) is 0 Å². The number of hydrogen-bond donors (Lipinski definition) is 0. The van der Waals surface area contributed by atoms with Crippen LogP contribution < -0.4 is 4.57 Å². The molecule has 4 aromatic carbocycles. The Bertz CT molecular complexity index is 1710. The predicted molar refractivity (Wildman–Crippen MR) is 166 cm³/mol. The van der Waals surface area contributed by atoms with Crippen molar-refractivity contribution in [3.05, 3.63) is 126 Å². The molecule has 0 radical (unpaired) electrons. The zero-order chi connectivity index (χ0) is 28.1. The van der Waals surface area contributed by atoms with Gasteiger partial charge in [0.2, 0.25) is 0 Å². The van der Waals surface area contributed by atoms with Crippen LogP contribution in [0.25, 0.3) is 39.6 Å². The van der Waals surface area contributed by atoms with Crippen LogP contribution in [-0.2, 0) is 11.0 Å². The maximum absolute atomic E-state index is 5.61. The maximum Gasteiger partial charge on any atom is 0.314 e. The van der Waals surface area contributed by atoms with Gasteiger partial charge in [-0.2, -0.15) is 4.57 Å². The van der Waals surface area contributed by atoms with Crippen LogP contribution >= 0.6 is 0 Å². The summed E-state index contributed by atoms with van der Waals surface area (Å²) in [4.78, 5) is 0. The third-order valence-corrected chi connectivity index (χ3v) is 9.41. The molecule has 1 aromatic heterocycles. The molecule has 0 fully saturated rings. The summed E-state index contributed by atoms with van der Waals surface area (Å²) in [6, 6.07) is 34.8. The molecular formula is C37H38N3+. The van der Waals surface area contributed by atoms with Crippen molar-refractivity contribution >= 4 is 0 Å². The van der Waals surface area contributed by atoms with Crippen LogP contribution in [0.15, 0.2) is 110 Å². The quantitative estimate of drug-likeness (QED) is 0.161. The number of benzene rings is 4. The average molecular weight is 525 g/mol. The first-order chi connectivity index (χ1) is 19.4. The Kier molecular flexibility index (Phi) is 6.34. The van der Waals surface area contributed by atoms with Crippen LogP contribution in [0.3, 0.4) is 0 Å². The van der Waals surface area contributed by atoms with E-state index in [9.17, 15) is 0 Å². The number of fused-ring (bicyclic) bond motifs is 3. The second kappa shape index (κ2) is 9.75. The van der Waals surface area contributed by atoms with Crippen LogP contribution in [0, 0.1) is 13.8 Å². The molecule has 0 amide bonds. The topological polar surface area (TPSA) is 21.7 Å². The highest BCUT2D eigenvalue weighted by Crippen LogP contribution is 2.54. The lowest BCUT2D eigenvalue weighted by molar-refractivity contribution is -0.574. The van der Waals surface area contributed by atoms with Crippen molar-refractivity contribution in [3.63, 3.8) is 0 Å². The molecule has 0 N–H and O–H groups in total. The minimum absolute atomic E-state index is 0.173. The van der Waals surface area contributed by atoms with Gasteiger partial charge in [-0.3, -0.25) is 0 Å². The third kappa shape index (κ3) is 3.50. The van der Waals surface area contributed by atoms with E-state index in [-0.39, 0.29) is 5.41 Å². The monoisotopic (exact) mass is 524 g/mol. The summed E-state index contributed by atoms with van der Waals surface area (Å²) >= 11 is 0. The summed E-state index contributed by atoms with van der Waals surface area (Å²) in [6.07, 6.45) is 4.02. The molecule has 5 aromatic rings. The number of aryl methyl sites for hydroxylation is 2. The SMILES string of the molecule is C=CC1(CC)n2nc(-c3ccccc3-c3ccccc3)[n+](-c3c(C)cccc3C)c2-c2ccccc2C1(C)CC. The number of allylic oxidation sites excluding steroid dienone is 1. The molecule has 40 heavy (non-hydrogen) atoms. The van der Waals surface area contributed by atoms with E-state index in [1.807, 2.05) is 0 Å². The van der Waals surface area contributed by atoms with Gasteiger partial charge in [-0.05, 0) is 72.7 Å². The second-order valence-corrected chi connectivity index (χ2v) is 11.3. The number of aromatic nitrogens is 3. The molecule has 0 aliphatic carbocycles. The number of rotatable bonds is 6. The molecule has 0 saturated heterocycles. The smallest absolute Gasteiger partial charge is 0.189 e. The van der Waals surface area contributed by atoms with E-state index < -0.39 is 5.54 Å². The molecule has 200 valence electrons. The first-order valence-corrected chi connectivity index (χ1v) is 14.4. The fraction of sp³-hybridized carbons (Fsp3) is 0.243. The molecule has 1 aliphatic heterocycles. The first kappa shape index (κ1) is 26.0. The summed E-state index contributed by atoms with van der Waals surface area (Å²) in [5, 5.41) is 5.61. The van der Waals surface area contributed by atoms with Gasteiger partial charge in [-0.15, -0.1) is 0 Å². The van der Waals surface area contributed by atoms with Gasteiger partial charge < -0.3 is 0 Å². The highest BCUT2D eigenvalue weighted by molar-refractivity contribution is 5.80. The summed E-state index contributed by atoms with van der Waals surface area (Å²) < 4.78 is 4.74. The number of hydrogen-bond acceptors (Lipinski definition) is 1. The molecular weight excluding hydrogens is 486 g/mol. The van der Waals surface area contributed by atoms with Crippen LogP contribution in [-0.4, -0.2) is 9.78 Å². The van der Waals surface area contributed by atoms with Crippen LogP contribution in [0.1, 0.15) is 50.3 Å². The van der Waals surface area contributed by atoms with Crippen molar-refractivity contribution in [3.8, 4) is 39.6 Å². The van der Waals surface area contributed by atoms with E-state index in [1.54, 1.807) is 0 Å². The van der Waals surface area contributed by atoms with Crippen molar-refractivity contribution in [2.75, 3.05) is 0 Å². The molecule has 0 spiro atoms. The molecule has 3 heteroatoms. The Morgan fingerprint density at radius 3 is 1.98 bits per heavy atom. The lowest BCUT2D eigenvalue weighted by Gasteiger charge is -2.46. The van der Waals surface area contributed by atoms with E-state index >= 15 is 0 Å². The Morgan fingerprint density at radius 2 is 1.35 bits per heavy atom. The highest BCUT2D eigenvalue weighted by Gasteiger charge is 2.58. The maximum atomic E-state index is 5.61. The Morgan fingerprint density at radius 1 is 0.750 bits per heavy atom. The first-order valence-electron chi connectivity index (χ1n) is 14.4. The van der Waals surface area contributed by atoms with Gasteiger partial charge in [0.15, 0.2) is 5.54 Å². The fourth-order valence-corrected chi connectivity index (χ4v) is 7.11. The normalized spacial score (nSPS) is 19.6. The summed E-state index contributed by atoms with van der Waals surface area (Å²) in [6.45, 7) is 15.8. The van der Waals surface area contributed by atoms with Gasteiger partial charge in [0.05, 0.1) is 11.1 Å². The van der Waals surface area contributed by atoms with Gasteiger partial charge in [0.1, 0.15) is 5.69 Å². The third-order valence-electron chi connectivity index (χ3n) is 9.41. The fourth-order valence-electron chi connectivity index (χ4n) is 7.11.